The zero-order chi connectivity index (χ0) is 9.19. The minimum absolute atomic E-state index is 0.0563. The average molecular weight is 193 g/mol. The Balaban J connectivity index is 2.53. The Bertz CT molecular complexity index is 271. The third-order valence-corrected chi connectivity index (χ3v) is 3.46. The van der Waals surface area contributed by atoms with Crippen LogP contribution in [-0.4, -0.2) is 43.6 Å². The molecule has 0 saturated carbocycles. The van der Waals surface area contributed by atoms with E-state index in [1.165, 1.54) is 0 Å². The first-order valence-corrected chi connectivity index (χ1v) is 5.47. The Labute approximate surface area is 70.7 Å². The minimum atomic E-state index is -3.00. The fourth-order valence-corrected chi connectivity index (χ4v) is 2.65. The first-order chi connectivity index (χ1) is 5.49. The SMILES string of the molecule is O=C(O)CC1CS(=O)(=O)CCN1. The van der Waals surface area contributed by atoms with Crippen molar-refractivity contribution < 1.29 is 18.3 Å². The lowest BCUT2D eigenvalue weighted by atomic mass is 10.2. The average Bonchev–Trinajstić information content (AvgIpc) is 1.82. The van der Waals surface area contributed by atoms with Crippen LogP contribution in [0.2, 0.25) is 0 Å². The number of carbonyl (C=O) groups is 1. The lowest BCUT2D eigenvalue weighted by Crippen LogP contribution is -2.45. The molecule has 1 aliphatic heterocycles. The molecule has 1 atom stereocenters. The van der Waals surface area contributed by atoms with Crippen molar-refractivity contribution in [1.29, 1.82) is 0 Å². The van der Waals surface area contributed by atoms with Gasteiger partial charge in [0.05, 0.1) is 17.9 Å². The highest BCUT2D eigenvalue weighted by atomic mass is 32.2. The summed E-state index contributed by atoms with van der Waals surface area (Å²) >= 11 is 0. The highest BCUT2D eigenvalue weighted by Crippen LogP contribution is 2.04. The van der Waals surface area contributed by atoms with Crippen molar-refractivity contribution in [1.82, 2.24) is 5.32 Å². The molecule has 0 bridgehead atoms. The van der Waals surface area contributed by atoms with Crippen LogP contribution in [-0.2, 0) is 14.6 Å². The molecule has 1 aliphatic rings. The van der Waals surface area contributed by atoms with Gasteiger partial charge in [0.1, 0.15) is 0 Å². The number of rotatable bonds is 2. The normalized spacial score (nSPS) is 28.2. The van der Waals surface area contributed by atoms with Gasteiger partial charge in [0.2, 0.25) is 0 Å². The Morgan fingerprint density at radius 2 is 2.25 bits per heavy atom. The summed E-state index contributed by atoms with van der Waals surface area (Å²) in [6.45, 7) is 0.361. The summed E-state index contributed by atoms with van der Waals surface area (Å²) in [6, 6.07) is -0.416. The van der Waals surface area contributed by atoms with Crippen LogP contribution in [0.4, 0.5) is 0 Å². The molecule has 2 N–H and O–H groups in total. The Morgan fingerprint density at radius 3 is 2.75 bits per heavy atom. The molecule has 12 heavy (non-hydrogen) atoms. The van der Waals surface area contributed by atoms with Crippen LogP contribution >= 0.6 is 0 Å². The van der Waals surface area contributed by atoms with Gasteiger partial charge < -0.3 is 10.4 Å². The van der Waals surface area contributed by atoms with Gasteiger partial charge in [0.25, 0.3) is 0 Å². The molecule has 0 aliphatic carbocycles. The lowest BCUT2D eigenvalue weighted by molar-refractivity contribution is -0.137. The van der Waals surface area contributed by atoms with Crippen molar-refractivity contribution >= 4 is 15.8 Å². The van der Waals surface area contributed by atoms with Crippen molar-refractivity contribution in [2.45, 2.75) is 12.5 Å². The molecule has 5 nitrogen and oxygen atoms in total. The zero-order valence-corrected chi connectivity index (χ0v) is 7.30. The van der Waals surface area contributed by atoms with Gasteiger partial charge in [-0.25, -0.2) is 8.42 Å². The van der Waals surface area contributed by atoms with E-state index < -0.39 is 21.8 Å². The Hall–Kier alpha value is -0.620. The molecule has 1 rings (SSSR count). The number of hydrogen-bond donors (Lipinski definition) is 2. The fourth-order valence-electron chi connectivity index (χ4n) is 1.21. The third-order valence-electron chi connectivity index (χ3n) is 1.72. The highest BCUT2D eigenvalue weighted by molar-refractivity contribution is 7.91. The van der Waals surface area contributed by atoms with E-state index in [1.807, 2.05) is 0 Å². The van der Waals surface area contributed by atoms with Crippen molar-refractivity contribution in [3.05, 3.63) is 0 Å². The summed E-state index contributed by atoms with van der Waals surface area (Å²) in [4.78, 5) is 10.2. The van der Waals surface area contributed by atoms with E-state index in [0.29, 0.717) is 6.54 Å². The number of aliphatic carboxylic acids is 1. The van der Waals surface area contributed by atoms with E-state index in [9.17, 15) is 13.2 Å². The summed E-state index contributed by atoms with van der Waals surface area (Å²) < 4.78 is 22.0. The molecule has 1 heterocycles. The summed E-state index contributed by atoms with van der Waals surface area (Å²) in [5.74, 6) is -0.910. The van der Waals surface area contributed by atoms with Crippen molar-refractivity contribution in [2.24, 2.45) is 0 Å². The van der Waals surface area contributed by atoms with Gasteiger partial charge in [-0.05, 0) is 0 Å². The van der Waals surface area contributed by atoms with Crippen molar-refractivity contribution in [3.63, 3.8) is 0 Å². The van der Waals surface area contributed by atoms with E-state index in [2.05, 4.69) is 5.32 Å². The van der Waals surface area contributed by atoms with Crippen LogP contribution in [0.5, 0.6) is 0 Å². The third kappa shape index (κ3) is 2.78. The van der Waals surface area contributed by atoms with Crippen molar-refractivity contribution in [2.75, 3.05) is 18.1 Å². The number of hydrogen-bond acceptors (Lipinski definition) is 4. The van der Waals surface area contributed by atoms with Gasteiger partial charge in [-0.3, -0.25) is 4.79 Å². The van der Waals surface area contributed by atoms with Gasteiger partial charge in [0, 0.05) is 12.6 Å². The summed E-state index contributed by atoms with van der Waals surface area (Å²) in [5.41, 5.74) is 0. The lowest BCUT2D eigenvalue weighted by Gasteiger charge is -2.21. The monoisotopic (exact) mass is 193 g/mol. The topological polar surface area (TPSA) is 83.5 Å². The molecule has 1 fully saturated rings. The standard InChI is InChI=1S/C6H11NO4S/c8-6(9)3-5-4-12(10,11)2-1-7-5/h5,7H,1-4H2,(H,8,9). The number of sulfone groups is 1. The maximum atomic E-state index is 11.0. The summed E-state index contributed by atoms with van der Waals surface area (Å²) in [5, 5.41) is 11.2. The zero-order valence-electron chi connectivity index (χ0n) is 6.49. The molecular weight excluding hydrogens is 182 g/mol. The molecule has 70 valence electrons. The molecule has 1 unspecified atom stereocenters. The Kier molecular flexibility index (Phi) is 2.69. The summed E-state index contributed by atoms with van der Waals surface area (Å²) in [7, 11) is -3.00. The molecule has 1 saturated heterocycles. The predicted molar refractivity (Wildman–Crippen MR) is 42.7 cm³/mol. The van der Waals surface area contributed by atoms with Crippen LogP contribution in [0.3, 0.4) is 0 Å². The Morgan fingerprint density at radius 1 is 1.58 bits per heavy atom. The van der Waals surface area contributed by atoms with Gasteiger partial charge in [0.15, 0.2) is 9.84 Å². The fraction of sp³-hybridized carbons (Fsp3) is 0.833. The smallest absolute Gasteiger partial charge is 0.304 e. The highest BCUT2D eigenvalue weighted by Gasteiger charge is 2.25. The van der Waals surface area contributed by atoms with Crippen LogP contribution < -0.4 is 5.32 Å². The van der Waals surface area contributed by atoms with Crippen LogP contribution in [0.15, 0.2) is 0 Å². The van der Waals surface area contributed by atoms with Crippen LogP contribution in [0.1, 0.15) is 6.42 Å². The second-order valence-electron chi connectivity index (χ2n) is 2.86. The molecule has 0 amide bonds. The van der Waals surface area contributed by atoms with Crippen LogP contribution in [0, 0.1) is 0 Å². The van der Waals surface area contributed by atoms with E-state index in [4.69, 9.17) is 5.11 Å². The van der Waals surface area contributed by atoms with Gasteiger partial charge in [-0.15, -0.1) is 0 Å². The minimum Gasteiger partial charge on any atom is -0.481 e. The molecule has 0 radical (unpaired) electrons. The second-order valence-corrected chi connectivity index (χ2v) is 5.09. The molecular formula is C6H11NO4S. The van der Waals surface area contributed by atoms with Gasteiger partial charge in [-0.2, -0.15) is 0 Å². The van der Waals surface area contributed by atoms with Crippen molar-refractivity contribution in [3.8, 4) is 0 Å². The first-order valence-electron chi connectivity index (χ1n) is 3.65. The maximum Gasteiger partial charge on any atom is 0.304 e. The molecule has 0 aromatic carbocycles. The molecule has 0 spiro atoms. The molecule has 0 aromatic rings. The summed E-state index contributed by atoms with van der Waals surface area (Å²) in [6.07, 6.45) is -0.126. The molecule has 6 heteroatoms. The first kappa shape index (κ1) is 9.47. The predicted octanol–water partition coefficient (Wildman–Crippen LogP) is -1.15. The number of carboxylic acids is 1. The van der Waals surface area contributed by atoms with E-state index in [1.54, 1.807) is 0 Å². The largest absolute Gasteiger partial charge is 0.481 e. The second kappa shape index (κ2) is 3.40. The van der Waals surface area contributed by atoms with E-state index in [0.717, 1.165) is 0 Å². The maximum absolute atomic E-state index is 11.0. The van der Waals surface area contributed by atoms with Gasteiger partial charge in [-0.1, -0.05) is 0 Å². The number of carboxylic acid groups (broad SMARTS) is 1. The molecule has 0 aromatic heterocycles. The van der Waals surface area contributed by atoms with Crippen LogP contribution in [0.25, 0.3) is 0 Å². The number of nitrogens with one attached hydrogen (secondary N) is 1. The quantitative estimate of drug-likeness (QED) is 0.578. The van der Waals surface area contributed by atoms with E-state index >= 15 is 0 Å². The van der Waals surface area contributed by atoms with Gasteiger partial charge >= 0.3 is 5.97 Å². The van der Waals surface area contributed by atoms with E-state index in [-0.39, 0.29) is 17.9 Å².